The first-order valence-corrected chi connectivity index (χ1v) is 6.89. The first-order chi connectivity index (χ1) is 9.22. The Morgan fingerprint density at radius 1 is 1.25 bits per heavy atom. The van der Waals surface area contributed by atoms with E-state index in [4.69, 9.17) is 23.1 Å². The van der Waals surface area contributed by atoms with Gasteiger partial charge >= 0.3 is 0 Å². The lowest BCUT2D eigenvalue weighted by atomic mass is 10.0. The van der Waals surface area contributed by atoms with E-state index < -0.39 is 5.66 Å². The molecule has 0 radical (unpaired) electrons. The minimum atomic E-state index is -0.585. The summed E-state index contributed by atoms with van der Waals surface area (Å²) in [6.07, 6.45) is 0. The first-order valence-electron chi connectivity index (χ1n) is 6.51. The zero-order chi connectivity index (χ0) is 15.1. The topological polar surface area (TPSA) is 80.0 Å². The van der Waals surface area contributed by atoms with E-state index in [0.717, 1.165) is 16.3 Å². The smallest absolute Gasteiger partial charge is 0.220 e. The summed E-state index contributed by atoms with van der Waals surface area (Å²) in [5.41, 5.74) is 13.1. The molecule has 0 atom stereocenters. The molecular formula is C14H20ClN5. The first kappa shape index (κ1) is 14.7. The number of hydrogen-bond donors (Lipinski definition) is 2. The predicted octanol–water partition coefficient (Wildman–Crippen LogP) is 2.65. The molecule has 0 unspecified atom stereocenters. The van der Waals surface area contributed by atoms with Crippen LogP contribution in [0.3, 0.4) is 0 Å². The average molecular weight is 294 g/mol. The van der Waals surface area contributed by atoms with E-state index in [-0.39, 0.29) is 5.96 Å². The van der Waals surface area contributed by atoms with Crippen molar-refractivity contribution in [1.29, 1.82) is 0 Å². The zero-order valence-corrected chi connectivity index (χ0v) is 12.9. The molecular weight excluding hydrogens is 274 g/mol. The molecule has 4 N–H and O–H groups in total. The number of aliphatic imine (C=N–C) groups is 2. The number of hydrogen-bond acceptors (Lipinski definition) is 5. The summed E-state index contributed by atoms with van der Waals surface area (Å²) in [6.45, 7) is 8.07. The molecule has 108 valence electrons. The van der Waals surface area contributed by atoms with E-state index in [2.05, 4.69) is 23.8 Å². The summed E-state index contributed by atoms with van der Waals surface area (Å²) in [6, 6.07) is 5.81. The largest absolute Gasteiger partial charge is 0.369 e. The number of benzene rings is 1. The Morgan fingerprint density at radius 3 is 2.45 bits per heavy atom. The van der Waals surface area contributed by atoms with Crippen molar-refractivity contribution in [3.8, 4) is 0 Å². The van der Waals surface area contributed by atoms with Crippen LogP contribution >= 0.6 is 11.6 Å². The Hall–Kier alpha value is -1.75. The molecule has 0 amide bonds. The van der Waals surface area contributed by atoms with Gasteiger partial charge in [-0.05, 0) is 43.5 Å². The van der Waals surface area contributed by atoms with Gasteiger partial charge in [0, 0.05) is 10.7 Å². The van der Waals surface area contributed by atoms with Gasteiger partial charge in [-0.2, -0.15) is 4.99 Å². The van der Waals surface area contributed by atoms with Crippen LogP contribution in [0.5, 0.6) is 0 Å². The summed E-state index contributed by atoms with van der Waals surface area (Å²) in [4.78, 5) is 10.2. The number of nitrogens with zero attached hydrogens (tertiary/aromatic N) is 3. The van der Waals surface area contributed by atoms with Crippen molar-refractivity contribution >= 4 is 29.2 Å². The van der Waals surface area contributed by atoms with E-state index in [9.17, 15) is 0 Å². The minimum absolute atomic E-state index is 0.196. The van der Waals surface area contributed by atoms with E-state index in [1.54, 1.807) is 0 Å². The van der Waals surface area contributed by atoms with Gasteiger partial charge in [0.15, 0.2) is 0 Å². The number of rotatable bonds is 2. The monoisotopic (exact) mass is 293 g/mol. The lowest BCUT2D eigenvalue weighted by Gasteiger charge is -2.38. The number of guanidine groups is 2. The van der Waals surface area contributed by atoms with Crippen LogP contribution in [0.1, 0.15) is 39.2 Å². The average Bonchev–Trinajstić information content (AvgIpc) is 2.28. The van der Waals surface area contributed by atoms with Gasteiger partial charge < -0.3 is 11.5 Å². The molecule has 0 spiro atoms. The van der Waals surface area contributed by atoms with Crippen molar-refractivity contribution in [2.24, 2.45) is 21.5 Å². The van der Waals surface area contributed by atoms with Gasteiger partial charge in [-0.3, -0.25) is 4.90 Å². The van der Waals surface area contributed by atoms with Crippen molar-refractivity contribution in [2.45, 2.75) is 39.3 Å². The Bertz CT molecular complexity index is 589. The Kier molecular flexibility index (Phi) is 3.65. The third-order valence-corrected chi connectivity index (χ3v) is 3.60. The maximum Gasteiger partial charge on any atom is 0.220 e. The van der Waals surface area contributed by atoms with Crippen LogP contribution < -0.4 is 16.4 Å². The highest BCUT2D eigenvalue weighted by molar-refractivity contribution is 6.31. The van der Waals surface area contributed by atoms with E-state index in [0.29, 0.717) is 11.9 Å². The molecule has 6 heteroatoms. The summed E-state index contributed by atoms with van der Waals surface area (Å²) in [5, 5.41) is 0.747. The fourth-order valence-electron chi connectivity index (χ4n) is 2.36. The molecule has 0 saturated carbocycles. The number of anilines is 1. The summed E-state index contributed by atoms with van der Waals surface area (Å²) in [5.74, 6) is 0.850. The second kappa shape index (κ2) is 4.98. The molecule has 0 fully saturated rings. The van der Waals surface area contributed by atoms with Crippen LogP contribution in [0.2, 0.25) is 5.02 Å². The fraction of sp³-hybridized carbons (Fsp3) is 0.429. The van der Waals surface area contributed by atoms with Gasteiger partial charge in [0.25, 0.3) is 0 Å². The molecule has 1 aromatic carbocycles. The second-order valence-corrected chi connectivity index (χ2v) is 6.04. The van der Waals surface area contributed by atoms with Crippen LogP contribution in [0.15, 0.2) is 28.2 Å². The third kappa shape index (κ3) is 2.58. The van der Waals surface area contributed by atoms with Crippen molar-refractivity contribution in [2.75, 3.05) is 4.90 Å². The molecule has 0 aromatic heterocycles. The highest BCUT2D eigenvalue weighted by Gasteiger charge is 2.33. The van der Waals surface area contributed by atoms with Gasteiger partial charge in [-0.1, -0.05) is 25.4 Å². The quantitative estimate of drug-likeness (QED) is 0.879. The van der Waals surface area contributed by atoms with Crippen LogP contribution in [0.4, 0.5) is 5.69 Å². The molecule has 0 bridgehead atoms. The van der Waals surface area contributed by atoms with E-state index >= 15 is 0 Å². The lowest BCUT2D eigenvalue weighted by Crippen LogP contribution is -2.54. The highest BCUT2D eigenvalue weighted by Crippen LogP contribution is 2.33. The third-order valence-electron chi connectivity index (χ3n) is 3.25. The maximum absolute atomic E-state index is 6.23. The molecule has 1 aromatic rings. The van der Waals surface area contributed by atoms with E-state index in [1.807, 2.05) is 36.9 Å². The van der Waals surface area contributed by atoms with Gasteiger partial charge in [-0.15, -0.1) is 0 Å². The molecule has 0 aliphatic carbocycles. The fourth-order valence-corrected chi connectivity index (χ4v) is 2.70. The van der Waals surface area contributed by atoms with Gasteiger partial charge in [0.1, 0.15) is 5.66 Å². The normalized spacial score (nSPS) is 18.0. The Morgan fingerprint density at radius 2 is 1.90 bits per heavy atom. The molecule has 0 saturated heterocycles. The van der Waals surface area contributed by atoms with Crippen LogP contribution in [0.25, 0.3) is 0 Å². The van der Waals surface area contributed by atoms with E-state index in [1.165, 1.54) is 0 Å². The zero-order valence-electron chi connectivity index (χ0n) is 12.2. The summed E-state index contributed by atoms with van der Waals surface area (Å²) < 4.78 is 0. The summed E-state index contributed by atoms with van der Waals surface area (Å²) >= 11 is 6.23. The summed E-state index contributed by atoms with van der Waals surface area (Å²) in [7, 11) is 0. The van der Waals surface area contributed by atoms with Crippen molar-refractivity contribution in [3.05, 3.63) is 28.8 Å². The molecule has 1 aliphatic heterocycles. The SMILES string of the molecule is CC(C)c1cc(N2C(N)=NC(N)=NC2(C)C)ccc1Cl. The van der Waals surface area contributed by atoms with Crippen LogP contribution in [-0.4, -0.2) is 17.6 Å². The standard InChI is InChI=1S/C14H20ClN5/c1-8(2)10-7-9(5-6-11(10)15)20-13(17)18-12(16)19-14(20,3)4/h5-8H,1-4H3,(H4,16,17,18,19). The van der Waals surface area contributed by atoms with Crippen molar-refractivity contribution in [1.82, 2.24) is 0 Å². The number of nitrogens with two attached hydrogens (primary N) is 2. The predicted molar refractivity (Wildman–Crippen MR) is 85.3 cm³/mol. The lowest BCUT2D eigenvalue weighted by molar-refractivity contribution is 0.533. The Balaban J connectivity index is 2.51. The maximum atomic E-state index is 6.23. The highest BCUT2D eigenvalue weighted by atomic mass is 35.5. The van der Waals surface area contributed by atoms with Crippen LogP contribution in [-0.2, 0) is 0 Å². The van der Waals surface area contributed by atoms with Gasteiger partial charge in [0.05, 0.1) is 0 Å². The van der Waals surface area contributed by atoms with Gasteiger partial charge in [-0.25, -0.2) is 4.99 Å². The molecule has 1 heterocycles. The molecule has 20 heavy (non-hydrogen) atoms. The molecule has 2 rings (SSSR count). The van der Waals surface area contributed by atoms with Gasteiger partial charge in [0.2, 0.25) is 11.9 Å². The molecule has 5 nitrogen and oxygen atoms in total. The van der Waals surface area contributed by atoms with Crippen LogP contribution in [0, 0.1) is 0 Å². The van der Waals surface area contributed by atoms with Crippen molar-refractivity contribution < 1.29 is 0 Å². The minimum Gasteiger partial charge on any atom is -0.369 e. The Labute approximate surface area is 124 Å². The van der Waals surface area contributed by atoms with Crippen molar-refractivity contribution in [3.63, 3.8) is 0 Å². The molecule has 1 aliphatic rings. The number of halogens is 1. The second-order valence-electron chi connectivity index (χ2n) is 5.63.